The van der Waals surface area contributed by atoms with Crippen LogP contribution in [-0.4, -0.2) is 33.4 Å². The maximum atomic E-state index is 13.2. The number of esters is 1. The first-order chi connectivity index (χ1) is 16.0. The van der Waals surface area contributed by atoms with Crippen molar-refractivity contribution in [3.63, 3.8) is 0 Å². The van der Waals surface area contributed by atoms with Crippen LogP contribution < -0.4 is 5.32 Å². The number of aromatic nitrogens is 3. The molecule has 0 spiro atoms. The summed E-state index contributed by atoms with van der Waals surface area (Å²) in [7, 11) is 0. The molecule has 2 aromatic heterocycles. The SMILES string of the molecule is CCOC(=O)c1cccc(NC(=O)c2cnc(-c3ccc(C)cc3)nc2-c2ccncc2)c1. The van der Waals surface area contributed by atoms with Gasteiger partial charge in [0.2, 0.25) is 0 Å². The smallest absolute Gasteiger partial charge is 0.338 e. The third kappa shape index (κ3) is 5.10. The first-order valence-electron chi connectivity index (χ1n) is 10.5. The Hall–Kier alpha value is -4.39. The van der Waals surface area contributed by atoms with Gasteiger partial charge in [0.1, 0.15) is 0 Å². The minimum atomic E-state index is -0.447. The molecule has 0 aliphatic heterocycles. The summed E-state index contributed by atoms with van der Waals surface area (Å²) in [4.78, 5) is 38.4. The molecule has 164 valence electrons. The van der Waals surface area contributed by atoms with Crippen molar-refractivity contribution in [2.24, 2.45) is 0 Å². The van der Waals surface area contributed by atoms with Crippen LogP contribution >= 0.6 is 0 Å². The van der Waals surface area contributed by atoms with Crippen LogP contribution in [0.3, 0.4) is 0 Å². The Labute approximate surface area is 191 Å². The molecular formula is C26H22N4O3. The monoisotopic (exact) mass is 438 g/mol. The highest BCUT2D eigenvalue weighted by atomic mass is 16.5. The number of benzene rings is 2. The second-order valence-corrected chi connectivity index (χ2v) is 7.31. The third-order valence-electron chi connectivity index (χ3n) is 4.93. The normalized spacial score (nSPS) is 10.5. The predicted octanol–water partition coefficient (Wildman–Crippen LogP) is 4.94. The molecule has 4 rings (SSSR count). The number of amides is 1. The van der Waals surface area contributed by atoms with E-state index in [0.717, 1.165) is 16.7 Å². The van der Waals surface area contributed by atoms with Crippen molar-refractivity contribution in [1.29, 1.82) is 0 Å². The first-order valence-corrected chi connectivity index (χ1v) is 10.5. The summed E-state index contributed by atoms with van der Waals surface area (Å²) in [6.45, 7) is 4.03. The van der Waals surface area contributed by atoms with Crippen LogP contribution in [0, 0.1) is 6.92 Å². The average molecular weight is 438 g/mol. The van der Waals surface area contributed by atoms with Gasteiger partial charge < -0.3 is 10.1 Å². The first kappa shape index (κ1) is 21.8. The highest BCUT2D eigenvalue weighted by Crippen LogP contribution is 2.25. The van der Waals surface area contributed by atoms with Crippen LogP contribution in [0.4, 0.5) is 5.69 Å². The minimum Gasteiger partial charge on any atom is -0.462 e. The van der Waals surface area contributed by atoms with Crippen LogP contribution in [0.5, 0.6) is 0 Å². The van der Waals surface area contributed by atoms with Gasteiger partial charge in [-0.1, -0.05) is 35.9 Å². The number of carbonyl (C=O) groups excluding carboxylic acids is 2. The van der Waals surface area contributed by atoms with E-state index in [-0.39, 0.29) is 6.61 Å². The molecule has 0 aliphatic carbocycles. The number of aryl methyl sites for hydroxylation is 1. The number of hydrogen-bond acceptors (Lipinski definition) is 6. The van der Waals surface area contributed by atoms with Gasteiger partial charge in [0.15, 0.2) is 5.82 Å². The van der Waals surface area contributed by atoms with Gasteiger partial charge in [0, 0.05) is 35.4 Å². The van der Waals surface area contributed by atoms with Crippen molar-refractivity contribution in [1.82, 2.24) is 15.0 Å². The fourth-order valence-electron chi connectivity index (χ4n) is 3.26. The lowest BCUT2D eigenvalue weighted by Gasteiger charge is -2.12. The number of nitrogens with zero attached hydrogens (tertiary/aromatic N) is 3. The third-order valence-corrected chi connectivity index (χ3v) is 4.93. The number of anilines is 1. The molecule has 0 bridgehead atoms. The molecule has 4 aromatic rings. The molecule has 0 atom stereocenters. The molecular weight excluding hydrogens is 416 g/mol. The van der Waals surface area contributed by atoms with E-state index < -0.39 is 11.9 Å². The molecule has 0 aliphatic rings. The molecule has 0 radical (unpaired) electrons. The fraction of sp³-hybridized carbons (Fsp3) is 0.115. The molecule has 2 aromatic carbocycles. The van der Waals surface area contributed by atoms with Crippen molar-refractivity contribution in [3.05, 3.63) is 95.9 Å². The van der Waals surface area contributed by atoms with Gasteiger partial charge >= 0.3 is 5.97 Å². The number of hydrogen-bond donors (Lipinski definition) is 1. The van der Waals surface area contributed by atoms with Crippen molar-refractivity contribution >= 4 is 17.6 Å². The minimum absolute atomic E-state index is 0.273. The van der Waals surface area contributed by atoms with Crippen LogP contribution in [0.25, 0.3) is 22.6 Å². The molecule has 7 heteroatoms. The fourth-order valence-corrected chi connectivity index (χ4v) is 3.26. The number of pyridine rings is 1. The van der Waals surface area contributed by atoms with E-state index in [9.17, 15) is 9.59 Å². The molecule has 1 N–H and O–H groups in total. The summed E-state index contributed by atoms with van der Waals surface area (Å²) < 4.78 is 5.03. The van der Waals surface area contributed by atoms with E-state index in [1.165, 1.54) is 6.20 Å². The molecule has 0 saturated carbocycles. The summed E-state index contributed by atoms with van der Waals surface area (Å²) in [5.41, 5.74) is 4.34. The zero-order valence-corrected chi connectivity index (χ0v) is 18.3. The zero-order chi connectivity index (χ0) is 23.2. The number of ether oxygens (including phenoxy) is 1. The van der Waals surface area contributed by atoms with Crippen molar-refractivity contribution < 1.29 is 14.3 Å². The Bertz CT molecular complexity index is 1290. The van der Waals surface area contributed by atoms with Crippen LogP contribution in [0.2, 0.25) is 0 Å². The van der Waals surface area contributed by atoms with Gasteiger partial charge in [-0.15, -0.1) is 0 Å². The summed E-state index contributed by atoms with van der Waals surface area (Å²) in [6, 6.07) is 18.0. The molecule has 0 unspecified atom stereocenters. The van der Waals surface area contributed by atoms with Crippen molar-refractivity contribution in [3.8, 4) is 22.6 Å². The van der Waals surface area contributed by atoms with Crippen LogP contribution in [-0.2, 0) is 4.74 Å². The Morgan fingerprint density at radius 2 is 1.73 bits per heavy atom. The Balaban J connectivity index is 1.69. The Morgan fingerprint density at radius 3 is 2.45 bits per heavy atom. The molecule has 33 heavy (non-hydrogen) atoms. The quantitative estimate of drug-likeness (QED) is 0.429. The van der Waals surface area contributed by atoms with Gasteiger partial charge in [-0.25, -0.2) is 14.8 Å². The van der Waals surface area contributed by atoms with E-state index in [4.69, 9.17) is 9.72 Å². The Kier molecular flexibility index (Phi) is 6.50. The van der Waals surface area contributed by atoms with Gasteiger partial charge in [0.25, 0.3) is 5.91 Å². The van der Waals surface area contributed by atoms with Crippen molar-refractivity contribution in [2.45, 2.75) is 13.8 Å². The topological polar surface area (TPSA) is 94.1 Å². The van der Waals surface area contributed by atoms with E-state index in [2.05, 4.69) is 15.3 Å². The Morgan fingerprint density at radius 1 is 0.970 bits per heavy atom. The second-order valence-electron chi connectivity index (χ2n) is 7.31. The van der Waals surface area contributed by atoms with Gasteiger partial charge in [-0.3, -0.25) is 9.78 Å². The van der Waals surface area contributed by atoms with Gasteiger partial charge in [-0.2, -0.15) is 0 Å². The lowest BCUT2D eigenvalue weighted by molar-refractivity contribution is 0.0526. The van der Waals surface area contributed by atoms with E-state index in [0.29, 0.717) is 28.3 Å². The summed E-state index contributed by atoms with van der Waals surface area (Å²) in [6.07, 6.45) is 4.81. The lowest BCUT2D eigenvalue weighted by atomic mass is 10.1. The second kappa shape index (κ2) is 9.82. The molecule has 1 amide bonds. The largest absolute Gasteiger partial charge is 0.462 e. The maximum absolute atomic E-state index is 13.2. The number of nitrogens with one attached hydrogen (secondary N) is 1. The maximum Gasteiger partial charge on any atom is 0.338 e. The standard InChI is InChI=1S/C26H22N4O3/c1-3-33-26(32)20-5-4-6-21(15-20)29-25(31)22-16-28-24(19-9-7-17(2)8-10-19)30-23(22)18-11-13-27-14-12-18/h4-16H,3H2,1-2H3,(H,29,31). The van der Waals surface area contributed by atoms with E-state index in [1.54, 1.807) is 55.7 Å². The lowest BCUT2D eigenvalue weighted by Crippen LogP contribution is -2.15. The van der Waals surface area contributed by atoms with Gasteiger partial charge in [0.05, 0.1) is 23.4 Å². The van der Waals surface area contributed by atoms with Crippen molar-refractivity contribution in [2.75, 3.05) is 11.9 Å². The van der Waals surface area contributed by atoms with E-state index in [1.807, 2.05) is 31.2 Å². The summed E-state index contributed by atoms with van der Waals surface area (Å²) >= 11 is 0. The molecule has 0 saturated heterocycles. The van der Waals surface area contributed by atoms with Crippen LogP contribution in [0.15, 0.2) is 79.3 Å². The highest BCUT2D eigenvalue weighted by Gasteiger charge is 2.18. The summed E-state index contributed by atoms with van der Waals surface area (Å²) in [5, 5.41) is 2.83. The zero-order valence-electron chi connectivity index (χ0n) is 18.3. The molecule has 2 heterocycles. The number of rotatable bonds is 6. The number of carbonyl (C=O) groups is 2. The predicted molar refractivity (Wildman–Crippen MR) is 126 cm³/mol. The van der Waals surface area contributed by atoms with Crippen LogP contribution in [0.1, 0.15) is 33.2 Å². The molecule has 0 fully saturated rings. The highest BCUT2D eigenvalue weighted by molar-refractivity contribution is 6.08. The molecule has 7 nitrogen and oxygen atoms in total. The van der Waals surface area contributed by atoms with E-state index >= 15 is 0 Å². The average Bonchev–Trinajstić information content (AvgIpc) is 2.85. The van der Waals surface area contributed by atoms with Gasteiger partial charge in [-0.05, 0) is 44.2 Å². The summed E-state index contributed by atoms with van der Waals surface area (Å²) in [5.74, 6) is -0.321.